The molecule has 1 aromatic heterocycles. The van der Waals surface area contributed by atoms with Gasteiger partial charge < -0.3 is 14.5 Å². The first-order valence-electron chi connectivity index (χ1n) is 10.9. The topological polar surface area (TPSA) is 80.6 Å². The number of nitrogens with zero attached hydrogens (tertiary/aromatic N) is 5. The quantitative estimate of drug-likeness (QED) is 0.744. The normalized spacial score (nSPS) is 23.9. The Balaban J connectivity index is 1.27. The highest BCUT2D eigenvalue weighted by Crippen LogP contribution is 2.29. The molecule has 4 heterocycles. The van der Waals surface area contributed by atoms with Crippen LogP contribution in [0, 0.1) is 5.92 Å². The number of ether oxygens (including phenoxy) is 1. The molecule has 0 saturated carbocycles. The van der Waals surface area contributed by atoms with E-state index in [1.54, 1.807) is 20.7 Å². The molecule has 2 atom stereocenters. The van der Waals surface area contributed by atoms with Gasteiger partial charge in [0, 0.05) is 37.8 Å². The van der Waals surface area contributed by atoms with E-state index >= 15 is 0 Å². The van der Waals surface area contributed by atoms with E-state index in [0.29, 0.717) is 39.1 Å². The highest BCUT2D eigenvalue weighted by Gasteiger charge is 2.39. The highest BCUT2D eigenvalue weighted by atomic mass is 19.1. The highest BCUT2D eigenvalue weighted by molar-refractivity contribution is 6.05. The van der Waals surface area contributed by atoms with E-state index in [0.717, 1.165) is 17.7 Å². The van der Waals surface area contributed by atoms with Crippen LogP contribution in [0.25, 0.3) is 0 Å². The van der Waals surface area contributed by atoms with Crippen molar-refractivity contribution in [2.24, 2.45) is 5.92 Å². The molecule has 3 aliphatic rings. The fourth-order valence-corrected chi connectivity index (χ4v) is 4.87. The number of para-hydroxylation sites is 1. The Morgan fingerprint density at radius 3 is 2.84 bits per heavy atom. The van der Waals surface area contributed by atoms with Gasteiger partial charge in [-0.05, 0) is 30.9 Å². The maximum Gasteiger partial charge on any atom is 0.280 e. The lowest BCUT2D eigenvalue weighted by molar-refractivity contribution is -0.139. The molecular weight excluding hydrogens is 401 g/mol. The van der Waals surface area contributed by atoms with Crippen molar-refractivity contribution in [1.29, 1.82) is 0 Å². The number of rotatable bonds is 4. The number of carbonyl (C=O) groups excluding carboxylic acids is 2. The molecule has 9 heteroatoms. The molecule has 164 valence electrons. The Bertz CT molecular complexity index is 974. The maximum absolute atomic E-state index is 14.2. The van der Waals surface area contributed by atoms with Gasteiger partial charge in [-0.15, -0.1) is 5.10 Å². The number of halogens is 1. The summed E-state index contributed by atoms with van der Waals surface area (Å²) in [5.74, 6) is -0.302. The molecule has 0 aliphatic carbocycles. The number of amides is 2. The Kier molecular flexibility index (Phi) is 5.43. The van der Waals surface area contributed by atoms with Crippen LogP contribution in [0.1, 0.15) is 35.3 Å². The van der Waals surface area contributed by atoms with Gasteiger partial charge in [-0.1, -0.05) is 23.4 Å². The SMILES string of the molecule is O=C(c1cn(C[C@@H]2C[C@H](F)CN2C(=O)C2CCOCC2)nn1)N1CCc2ccccc21. The predicted molar refractivity (Wildman–Crippen MR) is 110 cm³/mol. The number of alkyl halides is 1. The molecule has 0 radical (unpaired) electrons. The van der Waals surface area contributed by atoms with Crippen molar-refractivity contribution in [1.82, 2.24) is 19.9 Å². The van der Waals surface area contributed by atoms with Crippen molar-refractivity contribution in [2.75, 3.05) is 31.2 Å². The Hall–Kier alpha value is -2.81. The summed E-state index contributed by atoms with van der Waals surface area (Å²) >= 11 is 0. The number of carbonyl (C=O) groups is 2. The molecule has 0 N–H and O–H groups in total. The van der Waals surface area contributed by atoms with Crippen LogP contribution in [0.4, 0.5) is 10.1 Å². The number of aromatic nitrogens is 3. The van der Waals surface area contributed by atoms with Crippen molar-refractivity contribution < 1.29 is 18.7 Å². The molecule has 2 amide bonds. The van der Waals surface area contributed by atoms with E-state index in [-0.39, 0.29) is 42.4 Å². The molecule has 2 fully saturated rings. The average Bonchev–Trinajstić information content (AvgIpc) is 3.52. The van der Waals surface area contributed by atoms with E-state index in [2.05, 4.69) is 10.3 Å². The Morgan fingerprint density at radius 1 is 1.19 bits per heavy atom. The standard InChI is InChI=1S/C22H26FN5O3/c23-17-11-18(28(12-17)21(29)16-6-9-31-10-7-16)13-26-14-19(24-25-26)22(30)27-8-5-15-3-1-2-4-20(15)27/h1-4,14,16-18H,5-13H2/t17-,18-/m0/s1. The van der Waals surface area contributed by atoms with Gasteiger partial charge >= 0.3 is 0 Å². The minimum absolute atomic E-state index is 0.00135. The van der Waals surface area contributed by atoms with Crippen LogP contribution >= 0.6 is 0 Å². The van der Waals surface area contributed by atoms with Crippen LogP contribution in [-0.2, 0) is 22.5 Å². The number of fused-ring (bicyclic) bond motifs is 1. The van der Waals surface area contributed by atoms with Gasteiger partial charge in [0.15, 0.2) is 5.69 Å². The van der Waals surface area contributed by atoms with Crippen LogP contribution < -0.4 is 4.90 Å². The third-order valence-corrected chi connectivity index (χ3v) is 6.50. The fourth-order valence-electron chi connectivity index (χ4n) is 4.87. The molecule has 0 unspecified atom stereocenters. The molecule has 3 aliphatic heterocycles. The molecule has 0 bridgehead atoms. The molecule has 5 rings (SSSR count). The van der Waals surface area contributed by atoms with Crippen molar-refractivity contribution in [3.05, 3.63) is 41.7 Å². The largest absolute Gasteiger partial charge is 0.381 e. The van der Waals surface area contributed by atoms with Crippen molar-refractivity contribution in [2.45, 2.75) is 44.4 Å². The Morgan fingerprint density at radius 2 is 2.00 bits per heavy atom. The first-order chi connectivity index (χ1) is 15.1. The fraction of sp³-hybridized carbons (Fsp3) is 0.545. The smallest absolute Gasteiger partial charge is 0.280 e. The lowest BCUT2D eigenvalue weighted by Crippen LogP contribution is -2.43. The second kappa shape index (κ2) is 8.37. The monoisotopic (exact) mass is 427 g/mol. The van der Waals surface area contributed by atoms with Gasteiger partial charge in [0.25, 0.3) is 5.91 Å². The van der Waals surface area contributed by atoms with Crippen LogP contribution in [0.2, 0.25) is 0 Å². The van der Waals surface area contributed by atoms with Crippen LogP contribution in [0.5, 0.6) is 0 Å². The third-order valence-electron chi connectivity index (χ3n) is 6.50. The first kappa shape index (κ1) is 20.1. The minimum atomic E-state index is -1.04. The molecule has 0 spiro atoms. The number of benzene rings is 1. The van der Waals surface area contributed by atoms with Crippen LogP contribution in [0.3, 0.4) is 0 Å². The second-order valence-electron chi connectivity index (χ2n) is 8.53. The van der Waals surface area contributed by atoms with Gasteiger partial charge in [0.2, 0.25) is 5.91 Å². The zero-order valence-corrected chi connectivity index (χ0v) is 17.3. The zero-order chi connectivity index (χ0) is 21.4. The third kappa shape index (κ3) is 3.94. The first-order valence-corrected chi connectivity index (χ1v) is 10.9. The molecular formula is C22H26FN5O3. The average molecular weight is 427 g/mol. The summed E-state index contributed by atoms with van der Waals surface area (Å²) in [5.41, 5.74) is 2.31. The lowest BCUT2D eigenvalue weighted by Gasteiger charge is -2.30. The molecule has 2 saturated heterocycles. The van der Waals surface area contributed by atoms with Crippen molar-refractivity contribution >= 4 is 17.5 Å². The molecule has 31 heavy (non-hydrogen) atoms. The van der Waals surface area contributed by atoms with Crippen LogP contribution in [-0.4, -0.2) is 70.2 Å². The van der Waals surface area contributed by atoms with Gasteiger partial charge in [-0.25, -0.2) is 9.07 Å². The number of likely N-dealkylation sites (tertiary alicyclic amines) is 1. The van der Waals surface area contributed by atoms with Gasteiger partial charge in [0.05, 0.1) is 25.3 Å². The molecule has 2 aromatic rings. The molecule has 1 aromatic carbocycles. The zero-order valence-electron chi connectivity index (χ0n) is 17.3. The number of hydrogen-bond donors (Lipinski definition) is 0. The number of anilines is 1. The van der Waals surface area contributed by atoms with Gasteiger partial charge in [0.1, 0.15) is 6.17 Å². The maximum atomic E-state index is 14.2. The lowest BCUT2D eigenvalue weighted by atomic mass is 9.98. The number of hydrogen-bond acceptors (Lipinski definition) is 5. The Labute approximate surface area is 179 Å². The summed E-state index contributed by atoms with van der Waals surface area (Å²) < 4.78 is 21.1. The van der Waals surface area contributed by atoms with Crippen molar-refractivity contribution in [3.8, 4) is 0 Å². The van der Waals surface area contributed by atoms with Crippen molar-refractivity contribution in [3.63, 3.8) is 0 Å². The van der Waals surface area contributed by atoms with E-state index in [1.165, 1.54) is 0 Å². The van der Waals surface area contributed by atoms with Crippen LogP contribution in [0.15, 0.2) is 30.5 Å². The summed E-state index contributed by atoms with van der Waals surface area (Å²) in [7, 11) is 0. The predicted octanol–water partition coefficient (Wildman–Crippen LogP) is 1.85. The van der Waals surface area contributed by atoms with E-state index in [4.69, 9.17) is 4.74 Å². The summed E-state index contributed by atoms with van der Waals surface area (Å²) in [4.78, 5) is 29.3. The van der Waals surface area contributed by atoms with E-state index < -0.39 is 6.17 Å². The minimum Gasteiger partial charge on any atom is -0.381 e. The molecule has 8 nitrogen and oxygen atoms in total. The summed E-state index contributed by atoms with van der Waals surface area (Å²) in [5, 5.41) is 8.16. The van der Waals surface area contributed by atoms with Gasteiger partial charge in [-0.3, -0.25) is 9.59 Å². The van der Waals surface area contributed by atoms with E-state index in [1.807, 2.05) is 24.3 Å². The summed E-state index contributed by atoms with van der Waals surface area (Å²) in [6.07, 6.45) is 3.01. The summed E-state index contributed by atoms with van der Waals surface area (Å²) in [6.45, 7) is 2.20. The summed E-state index contributed by atoms with van der Waals surface area (Å²) in [6, 6.07) is 7.55. The van der Waals surface area contributed by atoms with Gasteiger partial charge in [-0.2, -0.15) is 0 Å². The second-order valence-corrected chi connectivity index (χ2v) is 8.53. The van der Waals surface area contributed by atoms with E-state index in [9.17, 15) is 14.0 Å².